The number of aromatic hydroxyl groups is 1. The first-order valence-corrected chi connectivity index (χ1v) is 8.51. The summed E-state index contributed by atoms with van der Waals surface area (Å²) in [4.78, 5) is 29.2. The topological polar surface area (TPSA) is 72.2 Å². The summed E-state index contributed by atoms with van der Waals surface area (Å²) in [5.41, 5.74) is 1.60. The van der Waals surface area contributed by atoms with Crippen molar-refractivity contribution < 1.29 is 14.3 Å². The molecule has 1 aromatic heterocycles. The van der Waals surface area contributed by atoms with Crippen LogP contribution in [0.15, 0.2) is 53.3 Å². The molecule has 0 aliphatic rings. The van der Waals surface area contributed by atoms with E-state index in [-0.39, 0.29) is 17.9 Å². The lowest BCUT2D eigenvalue weighted by Gasteiger charge is -2.11. The van der Waals surface area contributed by atoms with Crippen LogP contribution >= 0.6 is 0 Å². The van der Waals surface area contributed by atoms with Crippen LogP contribution in [0.5, 0.6) is 5.75 Å². The lowest BCUT2D eigenvalue weighted by atomic mass is 10.1. The molecule has 3 aromatic rings. The second kappa shape index (κ2) is 7.53. The highest BCUT2D eigenvalue weighted by Crippen LogP contribution is 2.21. The standard InChI is InChI=1S/C21H19FN2O3/c1-13-3-8-15(9-4-13)20-23-18(19(26)21(27)24(20)2)17(25)12-7-14-5-10-16(22)11-6-14/h3-6,8-11,26H,7,12H2,1-2H3. The van der Waals surface area contributed by atoms with Crippen molar-refractivity contribution in [2.45, 2.75) is 19.8 Å². The van der Waals surface area contributed by atoms with Crippen LogP contribution < -0.4 is 5.56 Å². The molecule has 0 bridgehead atoms. The van der Waals surface area contributed by atoms with Crippen LogP contribution in [0.3, 0.4) is 0 Å². The number of hydrogen-bond acceptors (Lipinski definition) is 4. The summed E-state index contributed by atoms with van der Waals surface area (Å²) in [6, 6.07) is 13.2. The smallest absolute Gasteiger partial charge is 0.296 e. The molecule has 27 heavy (non-hydrogen) atoms. The Morgan fingerprint density at radius 2 is 1.74 bits per heavy atom. The van der Waals surface area contributed by atoms with Crippen LogP contribution in [-0.4, -0.2) is 20.4 Å². The van der Waals surface area contributed by atoms with Gasteiger partial charge in [-0.2, -0.15) is 0 Å². The van der Waals surface area contributed by atoms with Crippen molar-refractivity contribution >= 4 is 5.78 Å². The van der Waals surface area contributed by atoms with Gasteiger partial charge in [0.15, 0.2) is 11.5 Å². The van der Waals surface area contributed by atoms with Gasteiger partial charge in [0.1, 0.15) is 11.6 Å². The van der Waals surface area contributed by atoms with Gasteiger partial charge in [0.25, 0.3) is 5.56 Å². The Morgan fingerprint density at radius 1 is 1.11 bits per heavy atom. The average molecular weight is 366 g/mol. The van der Waals surface area contributed by atoms with E-state index in [0.717, 1.165) is 11.1 Å². The van der Waals surface area contributed by atoms with Crippen molar-refractivity contribution in [3.63, 3.8) is 0 Å². The van der Waals surface area contributed by atoms with Crippen molar-refractivity contribution in [3.8, 4) is 17.1 Å². The Kier molecular flexibility index (Phi) is 5.16. The number of benzene rings is 2. The first kappa shape index (κ1) is 18.5. The van der Waals surface area contributed by atoms with Crippen LogP contribution in [0.4, 0.5) is 4.39 Å². The van der Waals surface area contributed by atoms with Gasteiger partial charge in [0.2, 0.25) is 5.75 Å². The Balaban J connectivity index is 1.92. The van der Waals surface area contributed by atoms with E-state index < -0.39 is 17.1 Å². The first-order chi connectivity index (χ1) is 12.9. The monoisotopic (exact) mass is 366 g/mol. The number of ketones is 1. The van der Waals surface area contributed by atoms with Crippen LogP contribution in [-0.2, 0) is 13.5 Å². The SMILES string of the molecule is Cc1ccc(-c2nc(C(=O)CCc3ccc(F)cc3)c(O)c(=O)n2C)cc1. The molecular weight excluding hydrogens is 347 g/mol. The second-order valence-corrected chi connectivity index (χ2v) is 6.41. The fourth-order valence-corrected chi connectivity index (χ4v) is 2.77. The van der Waals surface area contributed by atoms with Gasteiger partial charge in [-0.1, -0.05) is 42.0 Å². The van der Waals surface area contributed by atoms with Gasteiger partial charge in [0, 0.05) is 19.0 Å². The van der Waals surface area contributed by atoms with Crippen molar-refractivity contribution in [1.82, 2.24) is 9.55 Å². The second-order valence-electron chi connectivity index (χ2n) is 6.41. The van der Waals surface area contributed by atoms with Gasteiger partial charge in [-0.3, -0.25) is 14.2 Å². The minimum atomic E-state index is -0.675. The molecule has 0 spiro atoms. The van der Waals surface area contributed by atoms with E-state index in [1.54, 1.807) is 24.3 Å². The average Bonchev–Trinajstić information content (AvgIpc) is 2.66. The first-order valence-electron chi connectivity index (χ1n) is 8.51. The molecule has 0 amide bonds. The fourth-order valence-electron chi connectivity index (χ4n) is 2.77. The van der Waals surface area contributed by atoms with Crippen LogP contribution in [0, 0.1) is 12.7 Å². The number of Topliss-reactive ketones (excluding diaryl/α,β-unsaturated/α-hetero) is 1. The van der Waals surface area contributed by atoms with Crippen LogP contribution in [0.2, 0.25) is 0 Å². The third-order valence-corrected chi connectivity index (χ3v) is 4.39. The predicted octanol–water partition coefficient (Wildman–Crippen LogP) is 3.42. The van der Waals surface area contributed by atoms with E-state index in [2.05, 4.69) is 4.98 Å². The van der Waals surface area contributed by atoms with Gasteiger partial charge < -0.3 is 5.11 Å². The molecule has 0 aliphatic heterocycles. The van der Waals surface area contributed by atoms with Crippen molar-refractivity contribution in [3.05, 3.63) is 81.5 Å². The fraction of sp³-hybridized carbons (Fsp3) is 0.190. The van der Waals surface area contributed by atoms with E-state index >= 15 is 0 Å². The van der Waals surface area contributed by atoms with Crippen molar-refractivity contribution in [2.24, 2.45) is 7.05 Å². The maximum absolute atomic E-state index is 13.0. The number of aryl methyl sites for hydroxylation is 2. The van der Waals surface area contributed by atoms with Crippen LogP contribution in [0.25, 0.3) is 11.4 Å². The van der Waals surface area contributed by atoms with E-state index in [4.69, 9.17) is 0 Å². The summed E-state index contributed by atoms with van der Waals surface area (Å²) in [6.45, 7) is 1.94. The molecule has 0 fully saturated rings. The maximum atomic E-state index is 13.0. The van der Waals surface area contributed by atoms with Gasteiger partial charge >= 0.3 is 0 Å². The van der Waals surface area contributed by atoms with Crippen LogP contribution in [0.1, 0.15) is 28.0 Å². The minimum absolute atomic E-state index is 0.0483. The number of carbonyl (C=O) groups is 1. The summed E-state index contributed by atoms with van der Waals surface area (Å²) < 4.78 is 14.2. The lowest BCUT2D eigenvalue weighted by molar-refractivity contribution is 0.0974. The molecule has 138 valence electrons. The molecule has 0 aliphatic carbocycles. The van der Waals surface area contributed by atoms with Gasteiger partial charge in [0.05, 0.1) is 0 Å². The molecule has 2 aromatic carbocycles. The van der Waals surface area contributed by atoms with E-state index in [0.29, 0.717) is 17.8 Å². The number of rotatable bonds is 5. The number of hydrogen-bond donors (Lipinski definition) is 1. The summed E-state index contributed by atoms with van der Waals surface area (Å²) in [6.07, 6.45) is 0.405. The number of aromatic nitrogens is 2. The highest BCUT2D eigenvalue weighted by Gasteiger charge is 2.20. The molecule has 0 atom stereocenters. The number of carbonyl (C=O) groups excluding carboxylic acids is 1. The van der Waals surface area contributed by atoms with E-state index in [1.165, 1.54) is 23.7 Å². The van der Waals surface area contributed by atoms with Gasteiger partial charge in [-0.05, 0) is 31.0 Å². The molecule has 0 saturated carbocycles. The quantitative estimate of drug-likeness (QED) is 0.703. The third-order valence-electron chi connectivity index (χ3n) is 4.39. The van der Waals surface area contributed by atoms with E-state index in [9.17, 15) is 19.1 Å². The zero-order valence-electron chi connectivity index (χ0n) is 15.1. The largest absolute Gasteiger partial charge is 0.501 e. The van der Waals surface area contributed by atoms with Crippen molar-refractivity contribution in [2.75, 3.05) is 0 Å². The molecule has 1 heterocycles. The normalized spacial score (nSPS) is 10.8. The molecule has 1 N–H and O–H groups in total. The lowest BCUT2D eigenvalue weighted by Crippen LogP contribution is -2.23. The minimum Gasteiger partial charge on any atom is -0.501 e. The summed E-state index contributed by atoms with van der Waals surface area (Å²) in [5.74, 6) is -1.14. The summed E-state index contributed by atoms with van der Waals surface area (Å²) >= 11 is 0. The van der Waals surface area contributed by atoms with E-state index in [1.807, 2.05) is 19.1 Å². The number of halogens is 1. The highest BCUT2D eigenvalue weighted by atomic mass is 19.1. The molecule has 3 rings (SSSR count). The molecular formula is C21H19FN2O3. The Bertz CT molecular complexity index is 1040. The Morgan fingerprint density at radius 3 is 2.37 bits per heavy atom. The molecule has 0 saturated heterocycles. The van der Waals surface area contributed by atoms with Gasteiger partial charge in [-0.15, -0.1) is 0 Å². The molecule has 5 nitrogen and oxygen atoms in total. The molecule has 6 heteroatoms. The number of nitrogens with zero attached hydrogens (tertiary/aromatic N) is 2. The zero-order chi connectivity index (χ0) is 19.6. The Hall–Kier alpha value is -3.28. The van der Waals surface area contributed by atoms with Gasteiger partial charge in [-0.25, -0.2) is 9.37 Å². The summed E-state index contributed by atoms with van der Waals surface area (Å²) in [7, 11) is 1.50. The highest BCUT2D eigenvalue weighted by molar-refractivity contribution is 5.97. The third kappa shape index (κ3) is 3.95. The predicted molar refractivity (Wildman–Crippen MR) is 100 cm³/mol. The maximum Gasteiger partial charge on any atom is 0.296 e. The molecule has 0 radical (unpaired) electrons. The Labute approximate surface area is 155 Å². The summed E-state index contributed by atoms with van der Waals surface area (Å²) in [5, 5.41) is 10.1. The van der Waals surface area contributed by atoms with Crippen molar-refractivity contribution in [1.29, 1.82) is 0 Å². The molecule has 0 unspecified atom stereocenters. The zero-order valence-corrected chi connectivity index (χ0v) is 15.1.